The largest absolute Gasteiger partial charge is 0.492 e. The van der Waals surface area contributed by atoms with Crippen molar-refractivity contribution in [2.45, 2.75) is 24.2 Å². The van der Waals surface area contributed by atoms with Crippen LogP contribution in [0, 0.1) is 0 Å². The van der Waals surface area contributed by atoms with Crippen LogP contribution in [0.25, 0.3) is 10.5 Å². The van der Waals surface area contributed by atoms with E-state index in [9.17, 15) is 9.00 Å². The van der Waals surface area contributed by atoms with Crippen molar-refractivity contribution >= 4 is 38.7 Å². The van der Waals surface area contributed by atoms with Crippen LogP contribution in [0.1, 0.15) is 40.7 Å². The number of piperidine rings is 1. The molecule has 174 valence electrons. The van der Waals surface area contributed by atoms with Gasteiger partial charge >= 0.3 is 0 Å². The highest BCUT2D eigenvalue weighted by atomic mass is 35.5. The highest BCUT2D eigenvalue weighted by Gasteiger charge is 2.33. The first kappa shape index (κ1) is 23.0. The van der Waals surface area contributed by atoms with Crippen LogP contribution in [0.2, 0.25) is 5.02 Å². The summed E-state index contributed by atoms with van der Waals surface area (Å²) in [7, 11) is -1.44. The van der Waals surface area contributed by atoms with Gasteiger partial charge in [-0.25, -0.2) is 4.21 Å². The number of rotatable bonds is 7. The minimum absolute atomic E-state index is 0.150. The Morgan fingerprint density at radius 3 is 2.35 bits per heavy atom. The Hall–Kier alpha value is -2.73. The number of benzene rings is 3. The van der Waals surface area contributed by atoms with Crippen molar-refractivity contribution in [2.24, 2.45) is 0 Å². The molecule has 3 aromatic rings. The lowest BCUT2D eigenvalue weighted by atomic mass is 9.94. The predicted molar refractivity (Wildman–Crippen MR) is 138 cm³/mol. The molecular weight excluding hydrogens is 466 g/mol. The molecule has 1 saturated heterocycles. The Morgan fingerprint density at radius 1 is 0.912 bits per heavy atom. The predicted octanol–water partition coefficient (Wildman–Crippen LogP) is 6.08. The van der Waals surface area contributed by atoms with E-state index in [2.05, 4.69) is 4.90 Å². The fraction of sp³-hybridized carbons (Fsp3) is 0.250. The molecule has 0 N–H and O–H groups in total. The fourth-order valence-corrected chi connectivity index (χ4v) is 6.22. The summed E-state index contributed by atoms with van der Waals surface area (Å²) in [6.07, 6.45) is 3.85. The maximum Gasteiger partial charge on any atom is 0.194 e. The third kappa shape index (κ3) is 4.74. The molecule has 1 unspecified atom stereocenters. The van der Waals surface area contributed by atoms with E-state index in [1.54, 1.807) is 24.3 Å². The molecule has 0 aliphatic carbocycles. The topological polar surface area (TPSA) is 46.6 Å². The Morgan fingerprint density at radius 2 is 1.62 bits per heavy atom. The van der Waals surface area contributed by atoms with E-state index in [0.29, 0.717) is 32.6 Å². The Labute approximate surface area is 207 Å². The smallest absolute Gasteiger partial charge is 0.194 e. The van der Waals surface area contributed by atoms with Crippen LogP contribution in [0.5, 0.6) is 5.75 Å². The second-order valence-electron chi connectivity index (χ2n) is 8.58. The number of carbonyl (C=O) groups is 1. The number of carbonyl (C=O) groups excluding carboxylic acids is 1. The third-order valence-corrected chi connectivity index (χ3v) is 8.16. The number of allylic oxidation sites excluding steroid dienone is 1. The number of ketones is 1. The van der Waals surface area contributed by atoms with Crippen LogP contribution in [-0.2, 0) is 10.8 Å². The van der Waals surface area contributed by atoms with Crippen LogP contribution >= 0.6 is 11.6 Å². The number of ether oxygens (including phenoxy) is 1. The molecule has 0 spiro atoms. The quantitative estimate of drug-likeness (QED) is 0.376. The van der Waals surface area contributed by atoms with Gasteiger partial charge in [0, 0.05) is 28.3 Å². The lowest BCUT2D eigenvalue weighted by molar-refractivity contribution is 0.105. The number of halogens is 1. The lowest BCUT2D eigenvalue weighted by Crippen LogP contribution is -2.33. The van der Waals surface area contributed by atoms with E-state index in [1.165, 1.54) is 19.3 Å². The Bertz CT molecular complexity index is 1250. The molecule has 6 heteroatoms. The zero-order valence-corrected chi connectivity index (χ0v) is 20.4. The van der Waals surface area contributed by atoms with Crippen LogP contribution in [0.4, 0.5) is 0 Å². The molecule has 3 aromatic carbocycles. The molecule has 34 heavy (non-hydrogen) atoms. The van der Waals surface area contributed by atoms with Crippen molar-refractivity contribution in [1.82, 2.24) is 4.90 Å². The molecule has 2 aliphatic rings. The van der Waals surface area contributed by atoms with Gasteiger partial charge in [-0.05, 0) is 74.0 Å². The minimum Gasteiger partial charge on any atom is -0.492 e. The summed E-state index contributed by atoms with van der Waals surface area (Å²) in [5.41, 5.74) is 2.48. The second-order valence-corrected chi connectivity index (χ2v) is 10.4. The average molecular weight is 492 g/mol. The molecule has 1 fully saturated rings. The summed E-state index contributed by atoms with van der Waals surface area (Å²) < 4.78 is 19.3. The molecule has 0 radical (unpaired) electrons. The van der Waals surface area contributed by atoms with Crippen LogP contribution in [0.15, 0.2) is 77.7 Å². The van der Waals surface area contributed by atoms with Crippen molar-refractivity contribution in [3.8, 4) is 5.75 Å². The van der Waals surface area contributed by atoms with Crippen LogP contribution in [-0.4, -0.2) is 41.1 Å². The summed E-state index contributed by atoms with van der Waals surface area (Å²) in [4.78, 5) is 17.3. The van der Waals surface area contributed by atoms with E-state index >= 15 is 0 Å². The first-order valence-corrected chi connectivity index (χ1v) is 13.2. The first-order chi connectivity index (χ1) is 16.6. The van der Waals surface area contributed by atoms with Gasteiger partial charge in [0.1, 0.15) is 12.4 Å². The number of likely N-dealkylation sites (tertiary alicyclic amines) is 1. The van der Waals surface area contributed by atoms with Gasteiger partial charge in [-0.2, -0.15) is 0 Å². The van der Waals surface area contributed by atoms with Gasteiger partial charge in [-0.3, -0.25) is 9.69 Å². The number of nitrogens with zero attached hydrogens (tertiary/aromatic N) is 1. The number of hydrogen-bond acceptors (Lipinski definition) is 4. The molecular formula is C28H26ClNO3S. The second kappa shape index (κ2) is 10.3. The monoisotopic (exact) mass is 491 g/mol. The third-order valence-electron chi connectivity index (χ3n) is 6.34. The summed E-state index contributed by atoms with van der Waals surface area (Å²) in [6.45, 7) is 3.83. The summed E-state index contributed by atoms with van der Waals surface area (Å²) in [5.74, 6) is 0.596. The van der Waals surface area contributed by atoms with E-state index in [1.807, 2.05) is 48.5 Å². The van der Waals surface area contributed by atoms with Gasteiger partial charge < -0.3 is 4.74 Å². The van der Waals surface area contributed by atoms with Crippen molar-refractivity contribution in [3.63, 3.8) is 0 Å². The molecule has 0 aromatic heterocycles. The van der Waals surface area contributed by atoms with Crippen molar-refractivity contribution in [2.75, 3.05) is 26.2 Å². The van der Waals surface area contributed by atoms with E-state index in [0.717, 1.165) is 36.5 Å². The fourth-order valence-electron chi connectivity index (χ4n) is 4.56. The van der Waals surface area contributed by atoms with Crippen molar-refractivity contribution < 1.29 is 13.7 Å². The number of hydrogen-bond donors (Lipinski definition) is 0. The van der Waals surface area contributed by atoms with Gasteiger partial charge in [0.15, 0.2) is 5.78 Å². The zero-order chi connectivity index (χ0) is 23.5. The van der Waals surface area contributed by atoms with Crippen LogP contribution < -0.4 is 4.74 Å². The van der Waals surface area contributed by atoms with Crippen LogP contribution in [0.3, 0.4) is 0 Å². The maximum atomic E-state index is 13.7. The molecule has 2 aliphatic heterocycles. The highest BCUT2D eigenvalue weighted by molar-refractivity contribution is 7.95. The van der Waals surface area contributed by atoms with Gasteiger partial charge in [0.05, 0.1) is 20.6 Å². The van der Waals surface area contributed by atoms with E-state index in [4.69, 9.17) is 16.3 Å². The first-order valence-electron chi connectivity index (χ1n) is 11.6. The lowest BCUT2D eigenvalue weighted by Gasteiger charge is -2.26. The minimum atomic E-state index is -1.44. The zero-order valence-electron chi connectivity index (χ0n) is 18.8. The maximum absolute atomic E-state index is 13.7. The Kier molecular flexibility index (Phi) is 6.95. The number of fused-ring (bicyclic) bond motifs is 1. The number of Topliss-reactive ketones (excluding diaryl/α,β-unsaturated/α-hetero) is 1. The molecule has 4 nitrogen and oxygen atoms in total. The Balaban J connectivity index is 1.39. The normalized spacial score (nSPS) is 18.1. The van der Waals surface area contributed by atoms with Gasteiger partial charge in [0.2, 0.25) is 0 Å². The van der Waals surface area contributed by atoms with E-state index < -0.39 is 10.8 Å². The summed E-state index contributed by atoms with van der Waals surface area (Å²) >= 11 is 6.06. The molecule has 2 heterocycles. The molecule has 0 bridgehead atoms. The van der Waals surface area contributed by atoms with Gasteiger partial charge in [0.25, 0.3) is 0 Å². The SMILES string of the molecule is O=C(C1=C(c2ccc(Cl)cc2)S(=O)c2ccccc21)c1ccc(OCCN2CCCCC2)cc1. The standard InChI is InChI=1S/C28H26ClNO3S/c29-22-12-8-21(9-13-22)28-26(24-6-2-3-7-25(24)34(28)32)27(31)20-10-14-23(15-11-20)33-19-18-30-16-4-1-5-17-30/h2-3,6-15H,1,4-5,16-19H2. The van der Waals surface area contributed by atoms with Gasteiger partial charge in [-0.15, -0.1) is 0 Å². The average Bonchev–Trinajstić information content (AvgIpc) is 3.17. The molecule has 5 rings (SSSR count). The van der Waals surface area contributed by atoms with E-state index in [-0.39, 0.29) is 5.78 Å². The van der Waals surface area contributed by atoms with Gasteiger partial charge in [-0.1, -0.05) is 48.4 Å². The molecule has 0 saturated carbocycles. The van der Waals surface area contributed by atoms with Crippen molar-refractivity contribution in [1.29, 1.82) is 0 Å². The molecule has 0 amide bonds. The summed E-state index contributed by atoms with van der Waals surface area (Å²) in [5, 5.41) is 0.592. The highest BCUT2D eigenvalue weighted by Crippen LogP contribution is 2.43. The molecule has 1 atom stereocenters. The summed E-state index contributed by atoms with van der Waals surface area (Å²) in [6, 6.07) is 21.8. The van der Waals surface area contributed by atoms with Crippen molar-refractivity contribution in [3.05, 3.63) is 94.5 Å².